The molecule has 2 aromatic rings. The van der Waals surface area contributed by atoms with Gasteiger partial charge in [-0.3, -0.25) is 14.9 Å². The Morgan fingerprint density at radius 2 is 2.00 bits per heavy atom. The number of amides is 1. The molecule has 0 atom stereocenters. The van der Waals surface area contributed by atoms with Crippen molar-refractivity contribution in [1.29, 1.82) is 0 Å². The molecule has 0 aromatic heterocycles. The van der Waals surface area contributed by atoms with Gasteiger partial charge in [0, 0.05) is 23.3 Å². The van der Waals surface area contributed by atoms with Gasteiger partial charge >= 0.3 is 0 Å². The fourth-order valence-electron chi connectivity index (χ4n) is 3.05. The molecule has 0 radical (unpaired) electrons. The van der Waals surface area contributed by atoms with Crippen molar-refractivity contribution < 1.29 is 27.6 Å². The third kappa shape index (κ3) is 2.42. The number of nitro groups is 1. The lowest BCUT2D eigenvalue weighted by Gasteiger charge is -2.22. The number of carbonyl (C=O) groups excluding carboxylic acids is 1. The summed E-state index contributed by atoms with van der Waals surface area (Å²) < 4.78 is 36.6. The van der Waals surface area contributed by atoms with Crippen LogP contribution in [0.4, 0.5) is 5.69 Å². The molecule has 0 aliphatic carbocycles. The highest BCUT2D eigenvalue weighted by atomic mass is 32.2. The van der Waals surface area contributed by atoms with Gasteiger partial charge in [0.1, 0.15) is 10.6 Å². The van der Waals surface area contributed by atoms with E-state index in [1.165, 1.54) is 30.3 Å². The molecule has 1 amide bonds. The van der Waals surface area contributed by atoms with Crippen molar-refractivity contribution in [2.45, 2.75) is 18.0 Å². The van der Waals surface area contributed by atoms with E-state index in [2.05, 4.69) is 0 Å². The molecule has 0 spiro atoms. The molecule has 2 aliphatic rings. The molecule has 10 heteroatoms. The predicted octanol–water partition coefficient (Wildman–Crippen LogP) is 1.81. The van der Waals surface area contributed by atoms with Gasteiger partial charge in [-0.1, -0.05) is 12.1 Å². The van der Waals surface area contributed by atoms with Crippen LogP contribution in [0, 0.1) is 10.1 Å². The third-order valence-electron chi connectivity index (χ3n) is 4.21. The number of fused-ring (bicyclic) bond motifs is 2. The number of rotatable bonds is 3. The fourth-order valence-corrected chi connectivity index (χ4v) is 4.59. The molecule has 9 nitrogen and oxygen atoms in total. The number of non-ortho nitro benzene ring substituents is 1. The highest BCUT2D eigenvalue weighted by Crippen LogP contribution is 2.37. The van der Waals surface area contributed by atoms with Crippen LogP contribution in [-0.2, 0) is 27.9 Å². The van der Waals surface area contributed by atoms with E-state index in [9.17, 15) is 23.3 Å². The minimum Gasteiger partial charge on any atom is -0.467 e. The van der Waals surface area contributed by atoms with Gasteiger partial charge in [0.2, 0.25) is 0 Å². The van der Waals surface area contributed by atoms with E-state index >= 15 is 0 Å². The van der Waals surface area contributed by atoms with Gasteiger partial charge < -0.3 is 9.47 Å². The van der Waals surface area contributed by atoms with Gasteiger partial charge in [-0.2, -0.15) is 0 Å². The second-order valence-corrected chi connectivity index (χ2v) is 7.60. The lowest BCUT2D eigenvalue weighted by molar-refractivity contribution is -0.385. The number of hydrogen-bond acceptors (Lipinski definition) is 7. The van der Waals surface area contributed by atoms with E-state index in [-0.39, 0.29) is 41.7 Å². The number of nitrogens with zero attached hydrogens (tertiary/aromatic N) is 2. The zero-order valence-electron chi connectivity index (χ0n) is 13.2. The summed E-state index contributed by atoms with van der Waals surface area (Å²) in [6, 6.07) is 8.43. The molecule has 0 saturated carbocycles. The number of sulfonamides is 1. The molecule has 2 aliphatic heterocycles. The van der Waals surface area contributed by atoms with Crippen LogP contribution in [0.3, 0.4) is 0 Å². The zero-order chi connectivity index (χ0) is 18.5. The van der Waals surface area contributed by atoms with Crippen LogP contribution >= 0.6 is 0 Å². The van der Waals surface area contributed by atoms with E-state index in [1.54, 1.807) is 6.07 Å². The first-order valence-electron chi connectivity index (χ1n) is 7.56. The van der Waals surface area contributed by atoms with Gasteiger partial charge in [-0.05, 0) is 12.1 Å². The summed E-state index contributed by atoms with van der Waals surface area (Å²) in [6.07, 6.45) is 0. The van der Waals surface area contributed by atoms with Crippen LogP contribution in [0.1, 0.15) is 21.5 Å². The van der Waals surface area contributed by atoms with Crippen molar-refractivity contribution >= 4 is 21.6 Å². The van der Waals surface area contributed by atoms with Crippen LogP contribution in [-0.4, -0.2) is 30.3 Å². The molecule has 0 fully saturated rings. The van der Waals surface area contributed by atoms with E-state index in [1.807, 2.05) is 0 Å². The first kappa shape index (κ1) is 16.5. The van der Waals surface area contributed by atoms with Crippen LogP contribution in [0.25, 0.3) is 0 Å². The predicted molar refractivity (Wildman–Crippen MR) is 86.9 cm³/mol. The molecule has 0 bridgehead atoms. The summed E-state index contributed by atoms with van der Waals surface area (Å²) in [7, 11) is -4.03. The highest BCUT2D eigenvalue weighted by molar-refractivity contribution is 7.90. The Hall–Kier alpha value is -2.98. The number of benzene rings is 2. The number of carbonyl (C=O) groups is 1. The van der Waals surface area contributed by atoms with Crippen molar-refractivity contribution in [3.05, 3.63) is 63.2 Å². The Kier molecular flexibility index (Phi) is 3.67. The molecule has 4 rings (SSSR count). The van der Waals surface area contributed by atoms with E-state index < -0.39 is 20.9 Å². The number of nitro benzene ring substituents is 1. The van der Waals surface area contributed by atoms with Crippen LogP contribution in [0.5, 0.6) is 5.75 Å². The lowest BCUT2D eigenvalue weighted by Crippen LogP contribution is -2.30. The average molecular weight is 376 g/mol. The molecule has 2 heterocycles. The normalized spacial score (nSPS) is 17.4. The Balaban J connectivity index is 1.80. The standard InChI is InChI=1S/C16H12N2O7S/c19-16-13-3-1-2-4-14(13)26(22,23)17(16)7-10-5-12(18(20)21)6-11-8-24-9-25-15(10)11/h1-6H,7-9H2. The van der Waals surface area contributed by atoms with Crippen molar-refractivity contribution in [1.82, 2.24) is 4.31 Å². The monoisotopic (exact) mass is 376 g/mol. The second-order valence-electron chi connectivity index (χ2n) is 5.77. The van der Waals surface area contributed by atoms with E-state index in [4.69, 9.17) is 9.47 Å². The molecule has 26 heavy (non-hydrogen) atoms. The molecular weight excluding hydrogens is 364 g/mol. The topological polar surface area (TPSA) is 116 Å². The molecule has 0 unspecified atom stereocenters. The zero-order valence-corrected chi connectivity index (χ0v) is 14.1. The smallest absolute Gasteiger partial charge is 0.270 e. The van der Waals surface area contributed by atoms with Crippen LogP contribution < -0.4 is 4.74 Å². The van der Waals surface area contributed by atoms with Gasteiger partial charge in [0.15, 0.2) is 6.79 Å². The molecule has 134 valence electrons. The summed E-state index contributed by atoms with van der Waals surface area (Å²) in [6.45, 7) is -0.316. The third-order valence-corrected chi connectivity index (χ3v) is 6.00. The van der Waals surface area contributed by atoms with Crippen molar-refractivity contribution in [2.24, 2.45) is 0 Å². The highest BCUT2D eigenvalue weighted by Gasteiger charge is 2.41. The summed E-state index contributed by atoms with van der Waals surface area (Å²) in [5.74, 6) is -0.367. The Morgan fingerprint density at radius 3 is 2.73 bits per heavy atom. The maximum atomic E-state index is 12.7. The summed E-state index contributed by atoms with van der Waals surface area (Å²) in [4.78, 5) is 23.1. The minimum atomic E-state index is -4.03. The van der Waals surface area contributed by atoms with Crippen molar-refractivity contribution in [3.63, 3.8) is 0 Å². The maximum absolute atomic E-state index is 12.7. The van der Waals surface area contributed by atoms with Gasteiger partial charge in [-0.15, -0.1) is 0 Å². The number of ether oxygens (including phenoxy) is 2. The summed E-state index contributed by atoms with van der Waals surface area (Å²) in [5, 5.41) is 11.2. The summed E-state index contributed by atoms with van der Waals surface area (Å²) >= 11 is 0. The fraction of sp³-hybridized carbons (Fsp3) is 0.188. The maximum Gasteiger partial charge on any atom is 0.270 e. The van der Waals surface area contributed by atoms with Gasteiger partial charge in [0.25, 0.3) is 21.6 Å². The van der Waals surface area contributed by atoms with Gasteiger partial charge in [0.05, 0.1) is 23.6 Å². The van der Waals surface area contributed by atoms with Crippen molar-refractivity contribution in [2.75, 3.05) is 6.79 Å². The quantitative estimate of drug-likeness (QED) is 0.592. The first-order chi connectivity index (χ1) is 12.4. The number of hydrogen-bond donors (Lipinski definition) is 0. The molecule has 0 N–H and O–H groups in total. The Bertz CT molecular complexity index is 1050. The van der Waals surface area contributed by atoms with Crippen LogP contribution in [0.2, 0.25) is 0 Å². The van der Waals surface area contributed by atoms with Gasteiger partial charge in [-0.25, -0.2) is 12.7 Å². The lowest BCUT2D eigenvalue weighted by atomic mass is 10.1. The average Bonchev–Trinajstić information content (AvgIpc) is 2.82. The minimum absolute atomic E-state index is 0.0568. The Morgan fingerprint density at radius 1 is 1.23 bits per heavy atom. The second kappa shape index (κ2) is 5.78. The largest absolute Gasteiger partial charge is 0.467 e. The van der Waals surface area contributed by atoms with Crippen molar-refractivity contribution in [3.8, 4) is 5.75 Å². The summed E-state index contributed by atoms with van der Waals surface area (Å²) in [5.41, 5.74) is 0.523. The Labute approximate surface area is 147 Å². The van der Waals surface area contributed by atoms with E-state index in [0.717, 1.165) is 0 Å². The molecule has 0 saturated heterocycles. The van der Waals surface area contributed by atoms with Crippen LogP contribution in [0.15, 0.2) is 41.3 Å². The van der Waals surface area contributed by atoms with E-state index in [0.29, 0.717) is 15.6 Å². The molecule has 2 aromatic carbocycles. The first-order valence-corrected chi connectivity index (χ1v) is 9.00. The molecular formula is C16H12N2O7S. The SMILES string of the molecule is O=C1c2ccccc2S(=O)(=O)N1Cc1cc([N+](=O)[O-])cc2c1OCOC2.